The third-order valence-corrected chi connectivity index (χ3v) is 5.88. The Kier molecular flexibility index (Phi) is 5.41. The summed E-state index contributed by atoms with van der Waals surface area (Å²) in [5.74, 6) is 0.612. The maximum Gasteiger partial charge on any atom is 0.213 e. The molecule has 0 spiro atoms. The fourth-order valence-electron chi connectivity index (χ4n) is 3.30. The highest BCUT2D eigenvalue weighted by molar-refractivity contribution is 7.97. The molecule has 3 unspecified atom stereocenters. The second-order valence-electron chi connectivity index (χ2n) is 7.99. The van der Waals surface area contributed by atoms with Gasteiger partial charge in [0.25, 0.3) is 0 Å². The van der Waals surface area contributed by atoms with Crippen LogP contribution in [0, 0.1) is 0 Å². The lowest BCUT2D eigenvalue weighted by atomic mass is 10.1. The normalized spacial score (nSPS) is 24.8. The van der Waals surface area contributed by atoms with Crippen LogP contribution in [0.3, 0.4) is 0 Å². The molecule has 3 heterocycles. The first-order valence-corrected chi connectivity index (χ1v) is 10.2. The van der Waals surface area contributed by atoms with Crippen LogP contribution in [0.4, 0.5) is 0 Å². The quantitative estimate of drug-likeness (QED) is 0.782. The largest absolute Gasteiger partial charge is 0.469 e. The molecule has 6 heteroatoms. The molecular formula is C21H26N2O3S. The number of nitrogens with zero attached hydrogens (tertiary/aromatic N) is 1. The minimum Gasteiger partial charge on any atom is -0.469 e. The van der Waals surface area contributed by atoms with Crippen molar-refractivity contribution in [1.82, 2.24) is 9.71 Å². The molecule has 0 aliphatic carbocycles. The number of pyridine rings is 1. The van der Waals surface area contributed by atoms with Gasteiger partial charge in [-0.2, -0.15) is 0 Å². The van der Waals surface area contributed by atoms with Gasteiger partial charge in [-0.05, 0) is 56.8 Å². The van der Waals surface area contributed by atoms with E-state index in [9.17, 15) is 0 Å². The molecule has 27 heavy (non-hydrogen) atoms. The van der Waals surface area contributed by atoms with Gasteiger partial charge >= 0.3 is 0 Å². The highest BCUT2D eigenvalue weighted by atomic mass is 32.2. The first-order chi connectivity index (χ1) is 13.0. The van der Waals surface area contributed by atoms with E-state index in [2.05, 4.69) is 54.7 Å². The minimum absolute atomic E-state index is 0.0343. The van der Waals surface area contributed by atoms with E-state index in [-0.39, 0.29) is 23.9 Å². The van der Waals surface area contributed by atoms with Crippen molar-refractivity contribution in [3.05, 3.63) is 42.6 Å². The zero-order valence-corrected chi connectivity index (χ0v) is 16.8. The Balaban J connectivity index is 1.46. The number of rotatable bonds is 5. The third kappa shape index (κ3) is 4.46. The van der Waals surface area contributed by atoms with Gasteiger partial charge in [-0.1, -0.05) is 18.2 Å². The van der Waals surface area contributed by atoms with Gasteiger partial charge in [-0.3, -0.25) is 4.72 Å². The molecule has 1 aromatic heterocycles. The molecule has 1 N–H and O–H groups in total. The molecule has 0 radical (unpaired) electrons. The minimum atomic E-state index is -0.0744. The van der Waals surface area contributed by atoms with E-state index < -0.39 is 0 Å². The van der Waals surface area contributed by atoms with E-state index in [4.69, 9.17) is 14.2 Å². The smallest absolute Gasteiger partial charge is 0.213 e. The summed E-state index contributed by atoms with van der Waals surface area (Å²) < 4.78 is 21.0. The first-order valence-electron chi connectivity index (χ1n) is 9.39. The van der Waals surface area contributed by atoms with E-state index in [1.807, 2.05) is 18.3 Å². The first kappa shape index (κ1) is 18.7. The average molecular weight is 387 g/mol. The Bertz CT molecular complexity index is 776. The van der Waals surface area contributed by atoms with Crippen molar-refractivity contribution in [1.29, 1.82) is 0 Å². The predicted octanol–water partition coefficient (Wildman–Crippen LogP) is 4.08. The highest BCUT2D eigenvalue weighted by Gasteiger charge is 2.43. The van der Waals surface area contributed by atoms with Crippen LogP contribution in [-0.2, 0) is 9.47 Å². The number of nitrogens with one attached hydrogen (secondary N) is 1. The van der Waals surface area contributed by atoms with Crippen molar-refractivity contribution in [2.24, 2.45) is 0 Å². The molecule has 0 bridgehead atoms. The van der Waals surface area contributed by atoms with Gasteiger partial charge in [0.1, 0.15) is 6.10 Å². The van der Waals surface area contributed by atoms with Crippen LogP contribution in [0.25, 0.3) is 11.1 Å². The van der Waals surface area contributed by atoms with E-state index in [1.165, 1.54) is 4.90 Å². The molecule has 0 amide bonds. The van der Waals surface area contributed by atoms with Crippen molar-refractivity contribution < 1.29 is 14.2 Å². The lowest BCUT2D eigenvalue weighted by Gasteiger charge is -2.20. The molecule has 2 aliphatic rings. The molecule has 5 nitrogen and oxygen atoms in total. The van der Waals surface area contributed by atoms with Crippen molar-refractivity contribution in [2.45, 2.75) is 55.9 Å². The zero-order valence-electron chi connectivity index (χ0n) is 16.0. The van der Waals surface area contributed by atoms with Gasteiger partial charge in [-0.15, -0.1) is 0 Å². The summed E-state index contributed by atoms with van der Waals surface area (Å²) in [6.45, 7) is 7.78. The van der Waals surface area contributed by atoms with Gasteiger partial charge < -0.3 is 14.2 Å². The summed E-state index contributed by atoms with van der Waals surface area (Å²) in [5.41, 5.74) is 2.26. The zero-order chi connectivity index (χ0) is 18.9. The van der Waals surface area contributed by atoms with Gasteiger partial charge in [0.05, 0.1) is 12.7 Å². The summed E-state index contributed by atoms with van der Waals surface area (Å²) in [6, 6.07) is 12.3. The van der Waals surface area contributed by atoms with Crippen LogP contribution >= 0.6 is 11.9 Å². The Morgan fingerprint density at radius 2 is 2.00 bits per heavy atom. The van der Waals surface area contributed by atoms with Gasteiger partial charge in [0, 0.05) is 34.9 Å². The standard InChI is InChI=1S/C21H26N2O3S/c1-21(2,3)23-27-18-7-5-4-6-15(18)14-8-9-19(22-12-14)26-17-13-25-16-10-11-24-20(16)17/h4-9,12,16-17,20,23H,10-11,13H2,1-3H3. The maximum atomic E-state index is 6.02. The Labute approximate surface area is 164 Å². The Morgan fingerprint density at radius 1 is 1.15 bits per heavy atom. The van der Waals surface area contributed by atoms with Crippen molar-refractivity contribution >= 4 is 11.9 Å². The number of benzene rings is 1. The van der Waals surface area contributed by atoms with Crippen LogP contribution in [0.1, 0.15) is 27.2 Å². The molecule has 2 aromatic rings. The average Bonchev–Trinajstić information content (AvgIpc) is 3.26. The molecular weight excluding hydrogens is 360 g/mol. The molecule has 1 aromatic carbocycles. The summed E-state index contributed by atoms with van der Waals surface area (Å²) in [5, 5.41) is 0. The summed E-state index contributed by atoms with van der Waals surface area (Å²) in [4.78, 5) is 5.69. The van der Waals surface area contributed by atoms with Crippen LogP contribution in [0.5, 0.6) is 5.88 Å². The maximum absolute atomic E-state index is 6.02. The highest BCUT2D eigenvalue weighted by Crippen LogP contribution is 2.32. The van der Waals surface area contributed by atoms with Crippen LogP contribution in [-0.4, -0.2) is 42.0 Å². The lowest BCUT2D eigenvalue weighted by molar-refractivity contribution is 0.0289. The Morgan fingerprint density at radius 3 is 2.78 bits per heavy atom. The summed E-state index contributed by atoms with van der Waals surface area (Å²) >= 11 is 1.65. The van der Waals surface area contributed by atoms with Gasteiger partial charge in [0.15, 0.2) is 6.10 Å². The lowest BCUT2D eigenvalue weighted by Crippen LogP contribution is -2.32. The molecule has 4 rings (SSSR count). The molecule has 0 saturated carbocycles. The van der Waals surface area contributed by atoms with E-state index in [0.29, 0.717) is 12.5 Å². The van der Waals surface area contributed by atoms with Crippen LogP contribution in [0.2, 0.25) is 0 Å². The third-order valence-electron chi connectivity index (χ3n) is 4.59. The number of ether oxygens (including phenoxy) is 3. The van der Waals surface area contributed by atoms with Crippen molar-refractivity contribution in [3.8, 4) is 17.0 Å². The monoisotopic (exact) mass is 386 g/mol. The number of hydrogen-bond donors (Lipinski definition) is 1. The second kappa shape index (κ2) is 7.80. The predicted molar refractivity (Wildman–Crippen MR) is 107 cm³/mol. The van der Waals surface area contributed by atoms with Crippen molar-refractivity contribution in [3.63, 3.8) is 0 Å². The van der Waals surface area contributed by atoms with Crippen LogP contribution in [0.15, 0.2) is 47.5 Å². The number of hydrogen-bond acceptors (Lipinski definition) is 6. The summed E-state index contributed by atoms with van der Waals surface area (Å²) in [7, 11) is 0. The van der Waals surface area contributed by atoms with E-state index in [0.717, 1.165) is 24.2 Å². The van der Waals surface area contributed by atoms with Crippen molar-refractivity contribution in [2.75, 3.05) is 13.2 Å². The topological polar surface area (TPSA) is 52.6 Å². The second-order valence-corrected chi connectivity index (χ2v) is 8.84. The number of aromatic nitrogens is 1. The van der Waals surface area contributed by atoms with E-state index in [1.54, 1.807) is 11.9 Å². The van der Waals surface area contributed by atoms with Gasteiger partial charge in [-0.25, -0.2) is 4.98 Å². The SMILES string of the molecule is CC(C)(C)NSc1ccccc1-c1ccc(OC2COC3CCOC32)nc1. The molecule has 2 aliphatic heterocycles. The molecule has 144 valence electrons. The summed E-state index contributed by atoms with van der Waals surface area (Å²) in [6.07, 6.45) is 2.96. The Hall–Kier alpha value is -1.60. The fraction of sp³-hybridized carbons (Fsp3) is 0.476. The molecule has 2 saturated heterocycles. The number of fused-ring (bicyclic) bond motifs is 1. The molecule has 3 atom stereocenters. The van der Waals surface area contributed by atoms with Crippen LogP contribution < -0.4 is 9.46 Å². The van der Waals surface area contributed by atoms with Gasteiger partial charge in [0.2, 0.25) is 5.88 Å². The fourth-order valence-corrected chi connectivity index (χ4v) is 4.16. The molecule has 2 fully saturated rings. The van der Waals surface area contributed by atoms with E-state index >= 15 is 0 Å².